The lowest BCUT2D eigenvalue weighted by Gasteiger charge is -2.43. The van der Waals surface area contributed by atoms with E-state index in [0.717, 1.165) is 17.0 Å². The minimum Gasteiger partial charge on any atom is -0.319 e. The molecule has 4 aromatic carbocycles. The zero-order valence-corrected chi connectivity index (χ0v) is 37.6. The van der Waals surface area contributed by atoms with Crippen LogP contribution in [0, 0.1) is 0 Å². The van der Waals surface area contributed by atoms with E-state index in [9.17, 15) is 0 Å². The van der Waals surface area contributed by atoms with Crippen molar-refractivity contribution in [3.63, 3.8) is 0 Å². The SMILES string of the molecule is CC(C)(C)c1cc(N2c3ccc(C(C)(C)C)cc3B3c4nnoc4N(c4cc(C(C)(C)C)cc(C(C)(C)C)c4)c4cc(C(C)(C)C)cc2c43)cc(C(C)(C)C)c1. The van der Waals surface area contributed by atoms with Gasteiger partial charge < -0.3 is 9.42 Å². The highest BCUT2D eigenvalue weighted by Crippen LogP contribution is 2.48. The molecule has 0 unspecified atom stereocenters. The van der Waals surface area contributed by atoms with E-state index in [1.54, 1.807) is 0 Å². The van der Waals surface area contributed by atoms with Crippen molar-refractivity contribution in [3.05, 3.63) is 100 Å². The molecule has 0 aliphatic carbocycles. The molecule has 3 heterocycles. The average Bonchev–Trinajstić information content (AvgIpc) is 3.54. The second-order valence-corrected chi connectivity index (χ2v) is 22.8. The van der Waals surface area contributed by atoms with Crippen molar-refractivity contribution >= 4 is 57.6 Å². The van der Waals surface area contributed by atoms with Gasteiger partial charge in [0, 0.05) is 33.7 Å². The summed E-state index contributed by atoms with van der Waals surface area (Å²) in [6.45, 7) is 41.4. The Kier molecular flexibility index (Phi) is 8.97. The molecular weight excluding hydrogens is 683 g/mol. The Morgan fingerprint density at radius 2 is 0.821 bits per heavy atom. The first-order chi connectivity index (χ1) is 25.5. The van der Waals surface area contributed by atoms with Gasteiger partial charge in [-0.2, -0.15) is 0 Å². The fourth-order valence-electron chi connectivity index (χ4n) is 8.13. The number of fused-ring (bicyclic) bond motifs is 4. The predicted molar refractivity (Wildman–Crippen MR) is 241 cm³/mol. The zero-order valence-electron chi connectivity index (χ0n) is 37.6. The van der Waals surface area contributed by atoms with Gasteiger partial charge in [0.05, 0.1) is 0 Å². The fourth-order valence-corrected chi connectivity index (χ4v) is 8.13. The van der Waals surface area contributed by atoms with Gasteiger partial charge in [-0.25, -0.2) is 0 Å². The van der Waals surface area contributed by atoms with Gasteiger partial charge in [0.15, 0.2) is 0 Å². The molecule has 5 aromatic rings. The maximum atomic E-state index is 6.33. The van der Waals surface area contributed by atoms with Crippen LogP contribution in [0.25, 0.3) is 0 Å². The van der Waals surface area contributed by atoms with Gasteiger partial charge in [-0.3, -0.25) is 4.90 Å². The van der Waals surface area contributed by atoms with Crippen LogP contribution < -0.4 is 26.3 Å². The first-order valence-corrected chi connectivity index (χ1v) is 20.6. The molecule has 0 atom stereocenters. The number of anilines is 6. The number of benzene rings is 4. The van der Waals surface area contributed by atoms with Crippen LogP contribution in [0.15, 0.2) is 71.3 Å². The molecule has 0 saturated carbocycles. The summed E-state index contributed by atoms with van der Waals surface area (Å²) in [4.78, 5) is 4.88. The monoisotopic (exact) mass is 749 g/mol. The molecule has 294 valence electrons. The summed E-state index contributed by atoms with van der Waals surface area (Å²) in [5.74, 6) is 0.690. The fraction of sp³-hybridized carbons (Fsp3) is 0.480. The summed E-state index contributed by atoms with van der Waals surface area (Å²) in [5.41, 5.74) is 16.4. The number of nitrogens with zero attached hydrogens (tertiary/aromatic N) is 4. The molecule has 6 heteroatoms. The van der Waals surface area contributed by atoms with Crippen LogP contribution in [0.4, 0.5) is 34.3 Å². The Morgan fingerprint density at radius 3 is 1.25 bits per heavy atom. The summed E-state index contributed by atoms with van der Waals surface area (Å²) in [7, 11) is 0. The maximum absolute atomic E-state index is 6.33. The summed E-state index contributed by atoms with van der Waals surface area (Å²) >= 11 is 0. The van der Waals surface area contributed by atoms with Crippen LogP contribution in [-0.2, 0) is 32.5 Å². The van der Waals surface area contributed by atoms with Crippen molar-refractivity contribution < 1.29 is 4.52 Å². The molecule has 0 amide bonds. The molecule has 7 rings (SSSR count). The lowest BCUT2D eigenvalue weighted by atomic mass is 9.35. The number of rotatable bonds is 2. The summed E-state index contributed by atoms with van der Waals surface area (Å²) in [5, 5.41) is 9.22. The number of hydrogen-bond acceptors (Lipinski definition) is 5. The first-order valence-electron chi connectivity index (χ1n) is 20.6. The molecular formula is C50H65BN4O. The second kappa shape index (κ2) is 12.6. The van der Waals surface area contributed by atoms with Gasteiger partial charge in [0.2, 0.25) is 0 Å². The van der Waals surface area contributed by atoms with E-state index in [-0.39, 0.29) is 39.2 Å². The number of hydrogen-bond donors (Lipinski definition) is 0. The molecule has 56 heavy (non-hydrogen) atoms. The van der Waals surface area contributed by atoms with Crippen molar-refractivity contribution in [3.8, 4) is 0 Å². The Balaban J connectivity index is 1.65. The van der Waals surface area contributed by atoms with E-state index < -0.39 is 0 Å². The Labute approximate surface area is 338 Å². The van der Waals surface area contributed by atoms with Gasteiger partial charge >= 0.3 is 0 Å². The van der Waals surface area contributed by atoms with Gasteiger partial charge in [-0.15, -0.1) is 5.10 Å². The van der Waals surface area contributed by atoms with E-state index in [1.165, 1.54) is 61.4 Å². The predicted octanol–water partition coefficient (Wildman–Crippen LogP) is 11.9. The summed E-state index contributed by atoms with van der Waals surface area (Å²) < 4.78 is 6.33. The summed E-state index contributed by atoms with van der Waals surface area (Å²) in [6.07, 6.45) is 0. The molecule has 2 aliphatic heterocycles. The molecule has 0 fully saturated rings. The van der Waals surface area contributed by atoms with E-state index in [1.807, 2.05) is 0 Å². The highest BCUT2D eigenvalue weighted by Gasteiger charge is 2.48. The second-order valence-electron chi connectivity index (χ2n) is 22.8. The van der Waals surface area contributed by atoms with Crippen LogP contribution in [0.2, 0.25) is 0 Å². The smallest absolute Gasteiger partial charge is 0.282 e. The lowest BCUT2D eigenvalue weighted by molar-refractivity contribution is 0.400. The largest absolute Gasteiger partial charge is 0.319 e. The quantitative estimate of drug-likeness (QED) is 0.165. The number of aromatic nitrogens is 2. The molecule has 0 bridgehead atoms. The first kappa shape index (κ1) is 39.9. The van der Waals surface area contributed by atoms with Crippen LogP contribution in [-0.4, -0.2) is 17.1 Å². The van der Waals surface area contributed by atoms with Crippen molar-refractivity contribution in [2.75, 3.05) is 9.80 Å². The van der Waals surface area contributed by atoms with Gasteiger partial charge in [-0.1, -0.05) is 149 Å². The van der Waals surface area contributed by atoms with Crippen LogP contribution in [0.5, 0.6) is 0 Å². The molecule has 1 aromatic heterocycles. The lowest BCUT2D eigenvalue weighted by Crippen LogP contribution is -2.62. The summed E-state index contributed by atoms with van der Waals surface area (Å²) in [6, 6.07) is 26.4. The van der Waals surface area contributed by atoms with Crippen molar-refractivity contribution in [1.29, 1.82) is 0 Å². The van der Waals surface area contributed by atoms with Gasteiger partial charge in [0.25, 0.3) is 12.6 Å². The highest BCUT2D eigenvalue weighted by molar-refractivity contribution is 6.99. The third-order valence-electron chi connectivity index (χ3n) is 12.0. The van der Waals surface area contributed by atoms with E-state index in [2.05, 4.69) is 206 Å². The Morgan fingerprint density at radius 1 is 0.429 bits per heavy atom. The molecule has 0 spiro atoms. The van der Waals surface area contributed by atoms with Gasteiger partial charge in [0.1, 0.15) is 5.59 Å². The van der Waals surface area contributed by atoms with Crippen LogP contribution in [0.1, 0.15) is 158 Å². The average molecular weight is 749 g/mol. The molecule has 0 N–H and O–H groups in total. The highest BCUT2D eigenvalue weighted by atomic mass is 16.5. The zero-order chi connectivity index (χ0) is 41.3. The van der Waals surface area contributed by atoms with Crippen LogP contribution in [0.3, 0.4) is 0 Å². The Bertz CT molecular complexity index is 2280. The van der Waals surface area contributed by atoms with Crippen molar-refractivity contribution in [1.82, 2.24) is 10.4 Å². The van der Waals surface area contributed by atoms with Gasteiger partial charge in [-0.05, 0) is 119 Å². The maximum Gasteiger partial charge on any atom is 0.282 e. The normalized spacial score (nSPS) is 14.9. The van der Waals surface area contributed by atoms with E-state index >= 15 is 0 Å². The third kappa shape index (κ3) is 6.90. The van der Waals surface area contributed by atoms with E-state index in [0.29, 0.717) is 5.88 Å². The molecule has 0 saturated heterocycles. The van der Waals surface area contributed by atoms with Crippen LogP contribution >= 0.6 is 0 Å². The Hall–Kier alpha value is -4.32. The van der Waals surface area contributed by atoms with Crippen molar-refractivity contribution in [2.45, 2.75) is 157 Å². The van der Waals surface area contributed by atoms with Crippen molar-refractivity contribution in [2.24, 2.45) is 0 Å². The topological polar surface area (TPSA) is 45.4 Å². The molecule has 2 aliphatic rings. The standard InChI is InChI=1S/C50H65BN4O/c1-45(2,3)30-19-20-39-38(27-30)51-42-40(54(39)36-23-31(46(4,5)6)21-32(24-36)47(7,8)9)28-35(50(16,17)18)29-41(42)55(44-43(51)52-53-56-44)37-25-33(48(10,11)12)22-34(26-37)49(13,14)15/h19-29H,1-18H3. The minimum absolute atomic E-state index is 0.0408. The minimum atomic E-state index is -0.166. The molecule has 5 nitrogen and oxygen atoms in total. The molecule has 0 radical (unpaired) electrons. The van der Waals surface area contributed by atoms with E-state index in [4.69, 9.17) is 9.62 Å². The third-order valence-corrected chi connectivity index (χ3v) is 12.0.